The minimum atomic E-state index is 0.446. The first-order valence-corrected chi connectivity index (χ1v) is 9.52. The standard InChI is InChI=1S/C22H30N4/c1-17-10-12-26(13-11-17)16-20-8-6-19(7-9-20)15-24-22(23)25-21-5-3-4-18(2)14-21/h3-9,14,17H,10-13,15-16H2,1-2H3,(H3,23,24,25). The zero-order valence-corrected chi connectivity index (χ0v) is 15.9. The highest BCUT2D eigenvalue weighted by Gasteiger charge is 2.15. The second kappa shape index (κ2) is 8.86. The number of aliphatic imine (C=N–C) groups is 1. The molecule has 1 aliphatic rings. The van der Waals surface area contributed by atoms with Crippen LogP contribution in [0, 0.1) is 12.8 Å². The molecule has 3 rings (SSSR count). The Bertz CT molecular complexity index is 728. The van der Waals surface area contributed by atoms with Crippen LogP contribution in [0.1, 0.15) is 36.5 Å². The van der Waals surface area contributed by atoms with E-state index >= 15 is 0 Å². The number of nitrogens with two attached hydrogens (primary N) is 1. The molecule has 0 aliphatic carbocycles. The Morgan fingerprint density at radius 1 is 1.12 bits per heavy atom. The highest BCUT2D eigenvalue weighted by molar-refractivity contribution is 5.92. The molecule has 0 unspecified atom stereocenters. The number of benzene rings is 2. The Labute approximate surface area is 157 Å². The summed E-state index contributed by atoms with van der Waals surface area (Å²) in [6, 6.07) is 16.9. The summed E-state index contributed by atoms with van der Waals surface area (Å²) in [7, 11) is 0. The lowest BCUT2D eigenvalue weighted by atomic mass is 9.99. The number of piperidine rings is 1. The lowest BCUT2D eigenvalue weighted by Crippen LogP contribution is -2.32. The van der Waals surface area contributed by atoms with Crippen molar-refractivity contribution in [1.82, 2.24) is 4.90 Å². The van der Waals surface area contributed by atoms with Crippen molar-refractivity contribution in [2.24, 2.45) is 16.6 Å². The molecule has 1 aliphatic heterocycles. The summed E-state index contributed by atoms with van der Waals surface area (Å²) in [5, 5.41) is 3.14. The number of hydrogen-bond acceptors (Lipinski definition) is 2. The van der Waals surface area contributed by atoms with Crippen LogP contribution in [0.5, 0.6) is 0 Å². The van der Waals surface area contributed by atoms with Crippen LogP contribution < -0.4 is 11.1 Å². The van der Waals surface area contributed by atoms with Crippen LogP contribution in [0.4, 0.5) is 5.69 Å². The van der Waals surface area contributed by atoms with E-state index in [9.17, 15) is 0 Å². The van der Waals surface area contributed by atoms with E-state index in [1.807, 2.05) is 12.1 Å². The number of aryl methyl sites for hydroxylation is 1. The number of rotatable bonds is 5. The van der Waals surface area contributed by atoms with E-state index in [1.54, 1.807) is 0 Å². The van der Waals surface area contributed by atoms with Gasteiger partial charge in [0.05, 0.1) is 6.54 Å². The maximum absolute atomic E-state index is 6.00. The van der Waals surface area contributed by atoms with Crippen molar-refractivity contribution in [3.05, 3.63) is 65.2 Å². The van der Waals surface area contributed by atoms with E-state index in [0.29, 0.717) is 12.5 Å². The number of nitrogens with zero attached hydrogens (tertiary/aromatic N) is 2. The van der Waals surface area contributed by atoms with E-state index in [2.05, 4.69) is 65.5 Å². The molecule has 1 saturated heterocycles. The molecular formula is C22H30N4. The van der Waals surface area contributed by atoms with Gasteiger partial charge >= 0.3 is 0 Å². The van der Waals surface area contributed by atoms with Crippen LogP contribution in [0.15, 0.2) is 53.5 Å². The van der Waals surface area contributed by atoms with E-state index in [4.69, 9.17) is 5.73 Å². The van der Waals surface area contributed by atoms with Gasteiger partial charge in [0.25, 0.3) is 0 Å². The third-order valence-corrected chi connectivity index (χ3v) is 5.03. The fraction of sp³-hybridized carbons (Fsp3) is 0.409. The minimum Gasteiger partial charge on any atom is -0.370 e. The fourth-order valence-electron chi connectivity index (χ4n) is 3.32. The lowest BCUT2D eigenvalue weighted by molar-refractivity contribution is 0.185. The summed E-state index contributed by atoms with van der Waals surface area (Å²) >= 11 is 0. The van der Waals surface area contributed by atoms with E-state index < -0.39 is 0 Å². The molecule has 4 nitrogen and oxygen atoms in total. The minimum absolute atomic E-state index is 0.446. The summed E-state index contributed by atoms with van der Waals surface area (Å²) in [6.07, 6.45) is 2.64. The molecule has 0 aromatic heterocycles. The Hall–Kier alpha value is -2.33. The van der Waals surface area contributed by atoms with Crippen LogP contribution in [0.2, 0.25) is 0 Å². The van der Waals surface area contributed by atoms with Crippen molar-refractivity contribution >= 4 is 11.6 Å². The second-order valence-electron chi connectivity index (χ2n) is 7.47. The Kier molecular flexibility index (Phi) is 6.29. The summed E-state index contributed by atoms with van der Waals surface area (Å²) in [5.74, 6) is 1.33. The zero-order chi connectivity index (χ0) is 18.4. The van der Waals surface area contributed by atoms with Crippen molar-refractivity contribution in [1.29, 1.82) is 0 Å². The quantitative estimate of drug-likeness (QED) is 0.629. The van der Waals surface area contributed by atoms with Crippen molar-refractivity contribution < 1.29 is 0 Å². The van der Waals surface area contributed by atoms with Gasteiger partial charge in [-0.25, -0.2) is 4.99 Å². The Morgan fingerprint density at radius 3 is 2.50 bits per heavy atom. The van der Waals surface area contributed by atoms with Gasteiger partial charge < -0.3 is 11.1 Å². The number of anilines is 1. The first-order chi connectivity index (χ1) is 12.6. The smallest absolute Gasteiger partial charge is 0.193 e. The summed E-state index contributed by atoms with van der Waals surface area (Å²) in [5.41, 5.74) is 10.7. The molecule has 2 aromatic rings. The zero-order valence-electron chi connectivity index (χ0n) is 15.9. The topological polar surface area (TPSA) is 53.6 Å². The molecule has 4 heteroatoms. The lowest BCUT2D eigenvalue weighted by Gasteiger charge is -2.30. The summed E-state index contributed by atoms with van der Waals surface area (Å²) in [6.45, 7) is 8.49. The van der Waals surface area contributed by atoms with Crippen LogP contribution in [-0.2, 0) is 13.1 Å². The summed E-state index contributed by atoms with van der Waals surface area (Å²) in [4.78, 5) is 7.00. The average Bonchev–Trinajstić information content (AvgIpc) is 2.63. The van der Waals surface area contributed by atoms with Crippen molar-refractivity contribution in [3.8, 4) is 0 Å². The molecule has 2 aromatic carbocycles. The fourth-order valence-corrected chi connectivity index (χ4v) is 3.32. The normalized spacial score (nSPS) is 16.6. The van der Waals surface area contributed by atoms with Crippen LogP contribution in [-0.4, -0.2) is 23.9 Å². The number of hydrogen-bond donors (Lipinski definition) is 2. The Balaban J connectivity index is 1.50. The van der Waals surface area contributed by atoms with Gasteiger partial charge in [-0.15, -0.1) is 0 Å². The maximum Gasteiger partial charge on any atom is 0.193 e. The van der Waals surface area contributed by atoms with Gasteiger partial charge in [-0.3, -0.25) is 4.90 Å². The van der Waals surface area contributed by atoms with Crippen LogP contribution in [0.3, 0.4) is 0 Å². The first kappa shape index (κ1) is 18.5. The largest absolute Gasteiger partial charge is 0.370 e. The monoisotopic (exact) mass is 350 g/mol. The second-order valence-corrected chi connectivity index (χ2v) is 7.47. The van der Waals surface area contributed by atoms with E-state index in [0.717, 1.165) is 18.2 Å². The van der Waals surface area contributed by atoms with Crippen LogP contribution in [0.25, 0.3) is 0 Å². The van der Waals surface area contributed by atoms with E-state index in [-0.39, 0.29) is 0 Å². The third kappa shape index (κ3) is 5.60. The number of guanidine groups is 1. The van der Waals surface area contributed by atoms with Crippen molar-refractivity contribution in [2.45, 2.75) is 39.8 Å². The molecule has 138 valence electrons. The molecule has 1 fully saturated rings. The highest BCUT2D eigenvalue weighted by Crippen LogP contribution is 2.18. The molecule has 0 saturated carbocycles. The molecule has 0 atom stereocenters. The van der Waals surface area contributed by atoms with Gasteiger partial charge in [-0.2, -0.15) is 0 Å². The van der Waals surface area contributed by atoms with Gasteiger partial charge in [0.2, 0.25) is 0 Å². The molecule has 0 spiro atoms. The molecule has 0 radical (unpaired) electrons. The molecule has 1 heterocycles. The molecule has 26 heavy (non-hydrogen) atoms. The molecular weight excluding hydrogens is 320 g/mol. The number of likely N-dealkylation sites (tertiary alicyclic amines) is 1. The van der Waals surface area contributed by atoms with E-state index in [1.165, 1.54) is 42.6 Å². The summed E-state index contributed by atoms with van der Waals surface area (Å²) < 4.78 is 0. The van der Waals surface area contributed by atoms with Gasteiger partial charge in [0, 0.05) is 12.2 Å². The van der Waals surface area contributed by atoms with Gasteiger partial charge in [0.1, 0.15) is 0 Å². The van der Waals surface area contributed by atoms with Crippen molar-refractivity contribution in [3.63, 3.8) is 0 Å². The molecule has 0 amide bonds. The van der Waals surface area contributed by atoms with Gasteiger partial charge in [-0.1, -0.05) is 43.3 Å². The molecule has 3 N–H and O–H groups in total. The maximum atomic E-state index is 6.00. The molecule has 0 bridgehead atoms. The van der Waals surface area contributed by atoms with Crippen molar-refractivity contribution in [2.75, 3.05) is 18.4 Å². The van der Waals surface area contributed by atoms with Gasteiger partial charge in [-0.05, 0) is 67.6 Å². The highest BCUT2D eigenvalue weighted by atomic mass is 15.1. The van der Waals surface area contributed by atoms with Crippen LogP contribution >= 0.6 is 0 Å². The van der Waals surface area contributed by atoms with Gasteiger partial charge in [0.15, 0.2) is 5.96 Å². The number of nitrogens with one attached hydrogen (secondary N) is 1. The first-order valence-electron chi connectivity index (χ1n) is 9.52. The SMILES string of the molecule is Cc1cccc(NC(N)=NCc2ccc(CN3CCC(C)CC3)cc2)c1. The predicted octanol–water partition coefficient (Wildman–Crippen LogP) is 4.15. The predicted molar refractivity (Wildman–Crippen MR) is 110 cm³/mol. The Morgan fingerprint density at radius 2 is 1.81 bits per heavy atom. The average molecular weight is 351 g/mol. The third-order valence-electron chi connectivity index (χ3n) is 5.03.